The third kappa shape index (κ3) is 3.27. The van der Waals surface area contributed by atoms with Gasteiger partial charge in [0, 0.05) is 13.2 Å². The number of benzene rings is 1. The van der Waals surface area contributed by atoms with Gasteiger partial charge >= 0.3 is 0 Å². The Bertz CT molecular complexity index is 378. The summed E-state index contributed by atoms with van der Waals surface area (Å²) >= 11 is 3.22. The first-order valence-corrected chi connectivity index (χ1v) is 6.66. The van der Waals surface area contributed by atoms with Crippen LogP contribution in [0, 0.1) is 11.7 Å². The summed E-state index contributed by atoms with van der Waals surface area (Å²) in [6.45, 7) is 1.43. The molecule has 1 N–H and O–H groups in total. The fraction of sp³-hybridized carbons (Fsp3) is 0.538. The molecular weight excluding hydrogens is 287 g/mol. The molecule has 0 spiro atoms. The Morgan fingerprint density at radius 2 is 2.12 bits per heavy atom. The van der Waals surface area contributed by atoms with Gasteiger partial charge in [0.1, 0.15) is 5.82 Å². The molecule has 0 aromatic heterocycles. The quantitative estimate of drug-likeness (QED) is 0.930. The first-order chi connectivity index (χ1) is 8.18. The molecule has 1 fully saturated rings. The van der Waals surface area contributed by atoms with Crippen molar-refractivity contribution in [3.05, 3.63) is 34.1 Å². The molecule has 0 bridgehead atoms. The van der Waals surface area contributed by atoms with Gasteiger partial charge in [-0.15, -0.1) is 0 Å². The first kappa shape index (κ1) is 13.0. The summed E-state index contributed by atoms with van der Waals surface area (Å²) in [7, 11) is 0. The highest BCUT2D eigenvalue weighted by Crippen LogP contribution is 2.26. The maximum atomic E-state index is 13.3. The van der Waals surface area contributed by atoms with Crippen molar-refractivity contribution in [2.24, 2.45) is 5.92 Å². The number of hydrogen-bond donors (Lipinski definition) is 1. The molecule has 1 atom stereocenters. The summed E-state index contributed by atoms with van der Waals surface area (Å²) in [5, 5.41) is 10.1. The number of aliphatic hydroxyl groups is 1. The van der Waals surface area contributed by atoms with Crippen LogP contribution in [0.1, 0.15) is 18.4 Å². The molecule has 1 saturated heterocycles. The van der Waals surface area contributed by atoms with E-state index in [1.807, 2.05) is 6.07 Å². The summed E-state index contributed by atoms with van der Waals surface area (Å²) in [5.74, 6) is -0.0133. The zero-order chi connectivity index (χ0) is 12.3. The van der Waals surface area contributed by atoms with Crippen molar-refractivity contribution < 1.29 is 14.2 Å². The van der Waals surface area contributed by atoms with Crippen molar-refractivity contribution in [1.29, 1.82) is 0 Å². The van der Waals surface area contributed by atoms with E-state index >= 15 is 0 Å². The molecule has 1 aliphatic rings. The lowest BCUT2D eigenvalue weighted by atomic mass is 9.90. The standard InChI is InChI=1S/C13H16BrFO2/c14-13-10(2-1-3-11(13)15)8-12(16)9-4-6-17-7-5-9/h1-3,9,12,16H,4-8H2. The van der Waals surface area contributed by atoms with Gasteiger partial charge in [0.25, 0.3) is 0 Å². The zero-order valence-corrected chi connectivity index (χ0v) is 11.1. The third-order valence-electron chi connectivity index (χ3n) is 3.27. The smallest absolute Gasteiger partial charge is 0.137 e. The molecule has 2 nitrogen and oxygen atoms in total. The van der Waals surface area contributed by atoms with Crippen molar-refractivity contribution in [2.45, 2.75) is 25.4 Å². The molecule has 1 unspecified atom stereocenters. The van der Waals surface area contributed by atoms with E-state index in [4.69, 9.17) is 4.74 Å². The largest absolute Gasteiger partial charge is 0.392 e. The molecule has 0 amide bonds. The Morgan fingerprint density at radius 3 is 2.82 bits per heavy atom. The minimum atomic E-state index is -0.419. The lowest BCUT2D eigenvalue weighted by Gasteiger charge is -2.27. The lowest BCUT2D eigenvalue weighted by Crippen LogP contribution is -2.29. The average molecular weight is 303 g/mol. The van der Waals surface area contributed by atoms with Gasteiger partial charge in [-0.05, 0) is 52.7 Å². The predicted molar refractivity (Wildman–Crippen MR) is 67.4 cm³/mol. The Kier molecular flexibility index (Phi) is 4.54. The molecule has 2 rings (SSSR count). The highest BCUT2D eigenvalue weighted by atomic mass is 79.9. The summed E-state index contributed by atoms with van der Waals surface area (Å²) in [6.07, 6.45) is 1.84. The van der Waals surface area contributed by atoms with Crippen LogP contribution in [0.3, 0.4) is 0 Å². The SMILES string of the molecule is OC(Cc1cccc(F)c1Br)C1CCOCC1. The van der Waals surface area contributed by atoms with E-state index in [-0.39, 0.29) is 11.7 Å². The van der Waals surface area contributed by atoms with Crippen molar-refractivity contribution in [3.63, 3.8) is 0 Å². The van der Waals surface area contributed by atoms with E-state index in [9.17, 15) is 9.50 Å². The molecule has 0 aliphatic carbocycles. The van der Waals surface area contributed by atoms with Crippen molar-refractivity contribution in [3.8, 4) is 0 Å². The highest BCUT2D eigenvalue weighted by molar-refractivity contribution is 9.10. The van der Waals surface area contributed by atoms with Gasteiger partial charge in [-0.1, -0.05) is 12.1 Å². The summed E-state index contributed by atoms with van der Waals surface area (Å²) in [5.41, 5.74) is 0.823. The molecule has 1 aromatic carbocycles. The van der Waals surface area contributed by atoms with Gasteiger partial charge in [0.2, 0.25) is 0 Å². The van der Waals surface area contributed by atoms with Crippen LogP contribution in [0.25, 0.3) is 0 Å². The molecule has 1 aliphatic heterocycles. The molecule has 1 heterocycles. The Labute approximate surface area is 109 Å². The Balaban J connectivity index is 2.01. The molecule has 4 heteroatoms. The minimum Gasteiger partial charge on any atom is -0.392 e. The topological polar surface area (TPSA) is 29.5 Å². The van der Waals surface area contributed by atoms with Crippen LogP contribution in [0.2, 0.25) is 0 Å². The minimum absolute atomic E-state index is 0.263. The normalized spacial score (nSPS) is 19.2. The second-order valence-electron chi connectivity index (χ2n) is 4.43. The van der Waals surface area contributed by atoms with E-state index in [0.717, 1.165) is 18.4 Å². The number of hydrogen-bond acceptors (Lipinski definition) is 2. The first-order valence-electron chi connectivity index (χ1n) is 5.87. The lowest BCUT2D eigenvalue weighted by molar-refractivity contribution is 0.00832. The van der Waals surface area contributed by atoms with Gasteiger partial charge in [0.05, 0.1) is 10.6 Å². The molecule has 17 heavy (non-hydrogen) atoms. The van der Waals surface area contributed by atoms with Crippen molar-refractivity contribution in [1.82, 2.24) is 0 Å². The summed E-state index contributed by atoms with van der Waals surface area (Å²) in [6, 6.07) is 4.93. The molecule has 1 aromatic rings. The van der Waals surface area contributed by atoms with E-state index in [1.54, 1.807) is 6.07 Å². The van der Waals surface area contributed by atoms with Crippen LogP contribution < -0.4 is 0 Å². The van der Waals surface area contributed by atoms with Gasteiger partial charge in [0.15, 0.2) is 0 Å². The molecular formula is C13H16BrFO2. The monoisotopic (exact) mass is 302 g/mol. The van der Waals surface area contributed by atoms with Crippen LogP contribution in [-0.4, -0.2) is 24.4 Å². The van der Waals surface area contributed by atoms with E-state index in [0.29, 0.717) is 24.1 Å². The van der Waals surface area contributed by atoms with E-state index < -0.39 is 6.10 Å². The fourth-order valence-corrected chi connectivity index (χ4v) is 2.62. The Morgan fingerprint density at radius 1 is 1.41 bits per heavy atom. The number of aliphatic hydroxyl groups excluding tert-OH is 1. The second-order valence-corrected chi connectivity index (χ2v) is 5.23. The fourth-order valence-electron chi connectivity index (χ4n) is 2.20. The summed E-state index contributed by atoms with van der Waals surface area (Å²) < 4.78 is 19.0. The van der Waals surface area contributed by atoms with Crippen molar-refractivity contribution in [2.75, 3.05) is 13.2 Å². The van der Waals surface area contributed by atoms with E-state index in [2.05, 4.69) is 15.9 Å². The van der Waals surface area contributed by atoms with Crippen LogP contribution in [0.4, 0.5) is 4.39 Å². The summed E-state index contributed by atoms with van der Waals surface area (Å²) in [4.78, 5) is 0. The van der Waals surface area contributed by atoms with Gasteiger partial charge < -0.3 is 9.84 Å². The van der Waals surface area contributed by atoms with Crippen molar-refractivity contribution >= 4 is 15.9 Å². The maximum absolute atomic E-state index is 13.3. The predicted octanol–water partition coefficient (Wildman–Crippen LogP) is 2.92. The van der Waals surface area contributed by atoms with Gasteiger partial charge in [-0.3, -0.25) is 0 Å². The van der Waals surface area contributed by atoms with Crippen LogP contribution >= 0.6 is 15.9 Å². The highest BCUT2D eigenvalue weighted by Gasteiger charge is 2.23. The van der Waals surface area contributed by atoms with Crippen LogP contribution in [0.15, 0.2) is 22.7 Å². The Hall–Kier alpha value is -0.450. The van der Waals surface area contributed by atoms with Gasteiger partial charge in [-0.2, -0.15) is 0 Å². The molecule has 0 radical (unpaired) electrons. The van der Waals surface area contributed by atoms with Gasteiger partial charge in [-0.25, -0.2) is 4.39 Å². The maximum Gasteiger partial charge on any atom is 0.137 e. The third-order valence-corrected chi connectivity index (χ3v) is 4.16. The number of halogens is 2. The van der Waals surface area contributed by atoms with Crippen LogP contribution in [0.5, 0.6) is 0 Å². The van der Waals surface area contributed by atoms with E-state index in [1.165, 1.54) is 6.07 Å². The number of rotatable bonds is 3. The molecule has 94 valence electrons. The average Bonchev–Trinajstić information content (AvgIpc) is 2.36. The van der Waals surface area contributed by atoms with Crippen LogP contribution in [-0.2, 0) is 11.2 Å². The number of ether oxygens (including phenoxy) is 1. The second kappa shape index (κ2) is 5.94. The molecule has 0 saturated carbocycles. The zero-order valence-electron chi connectivity index (χ0n) is 9.53.